The Morgan fingerprint density at radius 3 is 2.56 bits per heavy atom. The predicted molar refractivity (Wildman–Crippen MR) is 215 cm³/mol. The van der Waals surface area contributed by atoms with Gasteiger partial charge in [0.05, 0.1) is 53.6 Å². The van der Waals surface area contributed by atoms with Gasteiger partial charge in [0, 0.05) is 56.7 Å². The number of ether oxygens (including phenoxy) is 3. The zero-order valence-corrected chi connectivity index (χ0v) is 32.3. The normalized spacial score (nSPS) is 18.5. The van der Waals surface area contributed by atoms with Crippen LogP contribution in [0.1, 0.15) is 67.7 Å². The molecule has 14 heteroatoms. The standard InChI is InChI=1S/C39H47N7O7.C2H6/c1-40-33-22-28(45-17-15-44(2)16-18-45)10-14-31(33)41-25-26-7-13-32-34(21-26)43-38(42-32)27-8-11-29(12-9-27)52-19-5-4-6-20-53-37-24-35(46(49)50)30(39(47)48)23-36(37)51-3;1-2/h7-11,13,21-24,29,31,41H,1,4-6,12,14-20,25H2,2-3H3,(H,42,43)(H,47,48);1-2H3. The predicted octanol–water partition coefficient (Wildman–Crippen LogP) is 6.76. The fourth-order valence-electron chi connectivity index (χ4n) is 6.69. The highest BCUT2D eigenvalue weighted by Gasteiger charge is 2.25. The van der Waals surface area contributed by atoms with Crippen LogP contribution in [0.4, 0.5) is 5.69 Å². The second-order valence-corrected chi connectivity index (χ2v) is 13.4. The van der Waals surface area contributed by atoms with Crippen molar-refractivity contribution in [2.75, 3.05) is 53.6 Å². The van der Waals surface area contributed by atoms with Crippen molar-refractivity contribution in [2.24, 2.45) is 4.99 Å². The number of carboxylic acids is 1. The van der Waals surface area contributed by atoms with E-state index >= 15 is 0 Å². The summed E-state index contributed by atoms with van der Waals surface area (Å²) in [7, 11) is 3.52. The Morgan fingerprint density at radius 2 is 1.87 bits per heavy atom. The SMILES string of the molecule is C=NC1=CC(N2CCN(C)CC2)=CCC1NCc1ccc2nc(C3=CCC(OCCCCCOc4cc([N+](=O)[O-])c(C(=O)O)cc4OC)C=C3)[nH]c2c1.CC. The van der Waals surface area contributed by atoms with Crippen molar-refractivity contribution in [3.8, 4) is 11.5 Å². The van der Waals surface area contributed by atoms with Crippen molar-refractivity contribution in [1.82, 2.24) is 25.1 Å². The maximum Gasteiger partial charge on any atom is 0.342 e. The molecule has 1 aromatic heterocycles. The lowest BCUT2D eigenvalue weighted by molar-refractivity contribution is -0.385. The number of hydrogen-bond acceptors (Lipinski definition) is 11. The van der Waals surface area contributed by atoms with Gasteiger partial charge in [0.1, 0.15) is 11.4 Å². The molecule has 3 N–H and O–H groups in total. The number of H-pyrrole nitrogens is 1. The highest BCUT2D eigenvalue weighted by molar-refractivity contribution is 5.93. The Hall–Kier alpha value is -5.31. The molecular formula is C41H53N7O7. The van der Waals surface area contributed by atoms with Crippen LogP contribution in [0.3, 0.4) is 0 Å². The van der Waals surface area contributed by atoms with Gasteiger partial charge in [-0.15, -0.1) is 0 Å². The summed E-state index contributed by atoms with van der Waals surface area (Å²) in [6.07, 6.45) is 14.7. The van der Waals surface area contributed by atoms with Crippen LogP contribution >= 0.6 is 0 Å². The first-order chi connectivity index (χ1) is 26.7. The van der Waals surface area contributed by atoms with E-state index in [2.05, 4.69) is 81.4 Å². The number of aromatic amines is 1. The summed E-state index contributed by atoms with van der Waals surface area (Å²) in [5, 5.41) is 24.3. The monoisotopic (exact) mass is 755 g/mol. The summed E-state index contributed by atoms with van der Waals surface area (Å²) in [4.78, 5) is 39.5. The lowest BCUT2D eigenvalue weighted by Crippen LogP contribution is -2.44. The number of methoxy groups -OCH3 is 1. The lowest BCUT2D eigenvalue weighted by atomic mass is 10.0. The molecule has 3 aromatic rings. The van der Waals surface area contributed by atoms with E-state index in [4.69, 9.17) is 19.2 Å². The highest BCUT2D eigenvalue weighted by Crippen LogP contribution is 2.35. The summed E-state index contributed by atoms with van der Waals surface area (Å²) in [6, 6.07) is 8.64. The minimum absolute atomic E-state index is 0.0223. The number of carbonyl (C=O) groups is 1. The number of imidazole rings is 1. The Bertz CT molecular complexity index is 1940. The second-order valence-electron chi connectivity index (χ2n) is 13.4. The summed E-state index contributed by atoms with van der Waals surface area (Å²) in [6.45, 7) is 13.6. The largest absolute Gasteiger partial charge is 0.493 e. The first-order valence-electron chi connectivity index (χ1n) is 19.0. The molecule has 2 aliphatic carbocycles. The number of aromatic nitrogens is 2. The number of aromatic carboxylic acids is 1. The molecule has 0 amide bonds. The Balaban J connectivity index is 0.00000285. The van der Waals surface area contributed by atoms with Crippen LogP contribution in [0.25, 0.3) is 16.6 Å². The van der Waals surface area contributed by atoms with Gasteiger partial charge in [-0.05, 0) is 69.6 Å². The number of carboxylic acid groups (broad SMARTS) is 1. The Labute approximate surface area is 322 Å². The molecule has 2 heterocycles. The average molecular weight is 756 g/mol. The molecule has 0 bridgehead atoms. The van der Waals surface area contributed by atoms with Crippen molar-refractivity contribution in [3.05, 3.63) is 99.2 Å². The van der Waals surface area contributed by atoms with E-state index in [1.807, 2.05) is 19.9 Å². The van der Waals surface area contributed by atoms with Gasteiger partial charge in [0.2, 0.25) is 0 Å². The van der Waals surface area contributed by atoms with E-state index in [0.717, 1.165) is 97.7 Å². The van der Waals surface area contributed by atoms with Crippen molar-refractivity contribution in [2.45, 2.75) is 64.6 Å². The van der Waals surface area contributed by atoms with Gasteiger partial charge in [0.25, 0.3) is 5.69 Å². The van der Waals surface area contributed by atoms with Gasteiger partial charge in [-0.3, -0.25) is 15.1 Å². The van der Waals surface area contributed by atoms with Crippen LogP contribution in [-0.4, -0.2) is 108 Å². The molecule has 6 rings (SSSR count). The van der Waals surface area contributed by atoms with Gasteiger partial charge >= 0.3 is 5.97 Å². The first-order valence-corrected chi connectivity index (χ1v) is 19.0. The van der Waals surface area contributed by atoms with E-state index in [9.17, 15) is 20.0 Å². The average Bonchev–Trinajstić information content (AvgIpc) is 3.64. The molecule has 3 aliphatic rings. The minimum Gasteiger partial charge on any atom is -0.493 e. The van der Waals surface area contributed by atoms with Gasteiger partial charge < -0.3 is 39.4 Å². The van der Waals surface area contributed by atoms with Crippen LogP contribution in [-0.2, 0) is 11.3 Å². The fraction of sp³-hybridized carbons (Fsp3) is 0.439. The number of rotatable bonds is 17. The third-order valence-corrected chi connectivity index (χ3v) is 9.79. The number of fused-ring (bicyclic) bond motifs is 1. The summed E-state index contributed by atoms with van der Waals surface area (Å²) < 4.78 is 16.9. The second kappa shape index (κ2) is 19.9. The van der Waals surface area contributed by atoms with Gasteiger partial charge in [0.15, 0.2) is 11.5 Å². The Kier molecular flexibility index (Phi) is 14.7. The van der Waals surface area contributed by atoms with Gasteiger partial charge in [-0.2, -0.15) is 0 Å². The van der Waals surface area contributed by atoms with Gasteiger partial charge in [-0.1, -0.05) is 44.2 Å². The molecule has 1 aliphatic heterocycles. The molecule has 2 aromatic carbocycles. The molecule has 294 valence electrons. The van der Waals surface area contributed by atoms with E-state index in [0.29, 0.717) is 26.2 Å². The molecule has 0 spiro atoms. The number of nitrogens with one attached hydrogen (secondary N) is 2. The zero-order valence-electron chi connectivity index (χ0n) is 32.3. The van der Waals surface area contributed by atoms with Crippen LogP contribution in [0, 0.1) is 10.1 Å². The van der Waals surface area contributed by atoms with Gasteiger partial charge in [-0.25, -0.2) is 9.78 Å². The molecule has 1 fully saturated rings. The maximum absolute atomic E-state index is 11.4. The van der Waals surface area contributed by atoms with Crippen LogP contribution < -0.4 is 14.8 Å². The smallest absolute Gasteiger partial charge is 0.342 e. The first kappa shape index (κ1) is 40.9. The number of nitro groups is 1. The van der Waals surface area contributed by atoms with Crippen molar-refractivity contribution in [3.63, 3.8) is 0 Å². The number of nitro benzene ring substituents is 1. The molecule has 0 radical (unpaired) electrons. The molecule has 2 unspecified atom stereocenters. The highest BCUT2D eigenvalue weighted by atomic mass is 16.6. The van der Waals surface area contributed by atoms with Crippen LogP contribution in [0.5, 0.6) is 11.5 Å². The molecule has 14 nitrogen and oxygen atoms in total. The van der Waals surface area contributed by atoms with E-state index in [1.54, 1.807) is 0 Å². The summed E-state index contributed by atoms with van der Waals surface area (Å²) in [5.74, 6) is -0.309. The minimum atomic E-state index is -1.41. The van der Waals surface area contributed by atoms with Crippen molar-refractivity contribution in [1.29, 1.82) is 0 Å². The Morgan fingerprint density at radius 1 is 1.09 bits per heavy atom. The van der Waals surface area contributed by atoms with Crippen LogP contribution in [0.15, 0.2) is 77.1 Å². The number of benzene rings is 2. The van der Waals surface area contributed by atoms with Crippen LogP contribution in [0.2, 0.25) is 0 Å². The lowest BCUT2D eigenvalue weighted by Gasteiger charge is -2.36. The molecule has 2 atom stereocenters. The molecule has 55 heavy (non-hydrogen) atoms. The molecule has 1 saturated heterocycles. The summed E-state index contributed by atoms with van der Waals surface area (Å²) >= 11 is 0. The number of allylic oxidation sites excluding steroid dienone is 3. The number of piperazine rings is 1. The zero-order chi connectivity index (χ0) is 39.3. The topological polar surface area (TPSA) is 168 Å². The number of hydrogen-bond donors (Lipinski definition) is 3. The molecule has 0 saturated carbocycles. The maximum atomic E-state index is 11.4. The van der Waals surface area contributed by atoms with E-state index in [-0.39, 0.29) is 23.6 Å². The number of likely N-dealkylation sites (N-methyl/N-ethyl adjacent to an activating group) is 1. The third-order valence-electron chi connectivity index (χ3n) is 9.79. The van der Waals surface area contributed by atoms with Crippen molar-refractivity contribution >= 4 is 35.0 Å². The number of aliphatic imine (C=N–C) groups is 1. The molecular weight excluding hydrogens is 702 g/mol. The number of unbranched alkanes of at least 4 members (excludes halogenated alkanes) is 2. The van der Waals surface area contributed by atoms with E-state index in [1.165, 1.54) is 12.8 Å². The van der Waals surface area contributed by atoms with Crippen molar-refractivity contribution < 1.29 is 29.0 Å². The quantitative estimate of drug-likeness (QED) is 0.0577. The summed E-state index contributed by atoms with van der Waals surface area (Å²) in [5.41, 5.74) is 5.34. The number of nitrogens with zero attached hydrogens (tertiary/aromatic N) is 5. The third kappa shape index (κ3) is 10.7. The van der Waals surface area contributed by atoms with E-state index < -0.39 is 22.1 Å². The fourth-order valence-corrected chi connectivity index (χ4v) is 6.69.